The van der Waals surface area contributed by atoms with E-state index in [1.165, 1.54) is 25.7 Å². The van der Waals surface area contributed by atoms with E-state index in [-0.39, 0.29) is 5.78 Å². The second-order valence-electron chi connectivity index (χ2n) is 6.22. The molecular weight excluding hydrogens is 274 g/mol. The van der Waals surface area contributed by atoms with Crippen LogP contribution in [0.25, 0.3) is 0 Å². The molecule has 1 saturated heterocycles. The van der Waals surface area contributed by atoms with Gasteiger partial charge in [-0.2, -0.15) is 0 Å². The maximum atomic E-state index is 12.5. The first-order chi connectivity index (χ1) is 10.6. The molecule has 0 radical (unpaired) electrons. The van der Waals surface area contributed by atoms with Crippen LogP contribution in [0.4, 0.5) is 0 Å². The average molecular weight is 303 g/mol. The summed E-state index contributed by atoms with van der Waals surface area (Å²) in [6.07, 6.45) is 5.84. The zero-order valence-electron chi connectivity index (χ0n) is 14.3. The fourth-order valence-corrected chi connectivity index (χ4v) is 3.16. The lowest BCUT2D eigenvalue weighted by atomic mass is 9.97. The second-order valence-corrected chi connectivity index (χ2v) is 6.22. The number of likely N-dealkylation sites (tertiary alicyclic amines) is 1. The quantitative estimate of drug-likeness (QED) is 0.739. The van der Waals surface area contributed by atoms with Gasteiger partial charge < -0.3 is 9.64 Å². The number of nitrogens with zero attached hydrogens (tertiary/aromatic N) is 1. The molecule has 0 saturated carbocycles. The number of hydrogen-bond acceptors (Lipinski definition) is 3. The van der Waals surface area contributed by atoms with Gasteiger partial charge >= 0.3 is 0 Å². The normalized spacial score (nSPS) is 16.3. The van der Waals surface area contributed by atoms with Crippen molar-refractivity contribution in [1.82, 2.24) is 4.90 Å². The molecule has 3 heteroatoms. The number of benzene rings is 1. The van der Waals surface area contributed by atoms with Gasteiger partial charge in [-0.05, 0) is 70.0 Å². The highest BCUT2D eigenvalue weighted by molar-refractivity contribution is 5.98. The number of carbonyl (C=O) groups is 1. The Morgan fingerprint density at radius 1 is 1.09 bits per heavy atom. The minimum atomic E-state index is 0.257. The maximum Gasteiger partial charge on any atom is 0.164 e. The summed E-state index contributed by atoms with van der Waals surface area (Å²) < 4.78 is 5.60. The van der Waals surface area contributed by atoms with Crippen molar-refractivity contribution < 1.29 is 9.53 Å². The van der Waals surface area contributed by atoms with Gasteiger partial charge in [0.05, 0.1) is 6.61 Å². The molecule has 1 aliphatic heterocycles. The third-order valence-corrected chi connectivity index (χ3v) is 4.69. The predicted molar refractivity (Wildman–Crippen MR) is 90.9 cm³/mol. The van der Waals surface area contributed by atoms with E-state index in [0.29, 0.717) is 13.0 Å². The highest BCUT2D eigenvalue weighted by Crippen LogP contribution is 2.25. The number of ketones is 1. The van der Waals surface area contributed by atoms with Crippen molar-refractivity contribution in [3.8, 4) is 5.75 Å². The Balaban J connectivity index is 1.98. The van der Waals surface area contributed by atoms with Crippen molar-refractivity contribution in [2.24, 2.45) is 0 Å². The lowest BCUT2D eigenvalue weighted by molar-refractivity contribution is 0.0964. The first-order valence-electron chi connectivity index (χ1n) is 8.62. The first-order valence-corrected chi connectivity index (χ1v) is 8.62. The Labute approximate surface area is 134 Å². The van der Waals surface area contributed by atoms with Crippen molar-refractivity contribution in [1.29, 1.82) is 0 Å². The molecule has 1 aromatic rings. The van der Waals surface area contributed by atoms with Gasteiger partial charge in [-0.15, -0.1) is 0 Å². The minimum Gasteiger partial charge on any atom is -0.494 e. The molecule has 0 aromatic heterocycles. The van der Waals surface area contributed by atoms with E-state index in [0.717, 1.165) is 42.1 Å². The Hall–Kier alpha value is -1.35. The zero-order chi connectivity index (χ0) is 15.9. The summed E-state index contributed by atoms with van der Waals surface area (Å²) >= 11 is 0. The molecule has 1 fully saturated rings. The number of ether oxygens (including phenoxy) is 1. The van der Waals surface area contributed by atoms with Crippen molar-refractivity contribution in [3.63, 3.8) is 0 Å². The molecule has 0 amide bonds. The van der Waals surface area contributed by atoms with Crippen molar-refractivity contribution in [2.75, 3.05) is 26.2 Å². The summed E-state index contributed by atoms with van der Waals surface area (Å²) in [4.78, 5) is 15.0. The fraction of sp³-hybridized carbons (Fsp3) is 0.632. The van der Waals surface area contributed by atoms with Crippen LogP contribution in [0.3, 0.4) is 0 Å². The van der Waals surface area contributed by atoms with Crippen LogP contribution in [-0.2, 0) is 0 Å². The molecule has 22 heavy (non-hydrogen) atoms. The SMILES string of the molecule is CCOc1ccc(C(=O)CCN2CCCCCC2)c(C)c1C. The standard InChI is InChI=1S/C19H29NO2/c1-4-22-19-10-9-17(15(2)16(19)3)18(21)11-14-20-12-7-5-6-8-13-20/h9-10H,4-8,11-14H2,1-3H3. The smallest absolute Gasteiger partial charge is 0.164 e. The Morgan fingerprint density at radius 3 is 2.41 bits per heavy atom. The largest absolute Gasteiger partial charge is 0.494 e. The molecule has 3 nitrogen and oxygen atoms in total. The molecule has 0 atom stereocenters. The zero-order valence-corrected chi connectivity index (χ0v) is 14.3. The van der Waals surface area contributed by atoms with Crippen LogP contribution in [0.2, 0.25) is 0 Å². The average Bonchev–Trinajstić information content (AvgIpc) is 2.78. The molecule has 0 spiro atoms. The van der Waals surface area contributed by atoms with Crippen molar-refractivity contribution in [2.45, 2.75) is 52.9 Å². The molecule has 1 aliphatic rings. The van der Waals surface area contributed by atoms with Gasteiger partial charge in [-0.25, -0.2) is 0 Å². The van der Waals surface area contributed by atoms with E-state index in [2.05, 4.69) is 4.90 Å². The van der Waals surface area contributed by atoms with Gasteiger partial charge in [0.2, 0.25) is 0 Å². The summed E-state index contributed by atoms with van der Waals surface area (Å²) in [5.41, 5.74) is 3.00. The van der Waals surface area contributed by atoms with Gasteiger partial charge in [0, 0.05) is 18.5 Å². The Morgan fingerprint density at radius 2 is 1.77 bits per heavy atom. The summed E-state index contributed by atoms with van der Waals surface area (Å²) in [5.74, 6) is 1.15. The van der Waals surface area contributed by atoms with Gasteiger partial charge in [0.15, 0.2) is 5.78 Å². The molecule has 0 N–H and O–H groups in total. The molecule has 0 bridgehead atoms. The van der Waals surface area contributed by atoms with Crippen LogP contribution < -0.4 is 4.74 Å². The Kier molecular flexibility index (Phi) is 6.44. The predicted octanol–water partition coefficient (Wildman–Crippen LogP) is 4.15. The van der Waals surface area contributed by atoms with Crippen molar-refractivity contribution in [3.05, 3.63) is 28.8 Å². The van der Waals surface area contributed by atoms with Crippen molar-refractivity contribution >= 4 is 5.78 Å². The highest BCUT2D eigenvalue weighted by atomic mass is 16.5. The molecule has 1 heterocycles. The van der Waals surface area contributed by atoms with Crippen LogP contribution in [-0.4, -0.2) is 36.9 Å². The lowest BCUT2D eigenvalue weighted by Gasteiger charge is -2.19. The highest BCUT2D eigenvalue weighted by Gasteiger charge is 2.15. The van der Waals surface area contributed by atoms with E-state index >= 15 is 0 Å². The number of Topliss-reactive ketones (excluding diaryl/α,β-unsaturated/α-hetero) is 1. The molecule has 0 aliphatic carbocycles. The summed E-state index contributed by atoms with van der Waals surface area (Å²) in [7, 11) is 0. The summed E-state index contributed by atoms with van der Waals surface area (Å²) in [6.45, 7) is 9.88. The van der Waals surface area contributed by atoms with Crippen LogP contribution in [0.15, 0.2) is 12.1 Å². The third kappa shape index (κ3) is 4.33. The topological polar surface area (TPSA) is 29.5 Å². The summed E-state index contributed by atoms with van der Waals surface area (Å²) in [5, 5.41) is 0. The van der Waals surface area contributed by atoms with Crippen LogP contribution in [0.1, 0.15) is 60.5 Å². The number of hydrogen-bond donors (Lipinski definition) is 0. The summed E-state index contributed by atoms with van der Waals surface area (Å²) in [6, 6.07) is 3.86. The van der Waals surface area contributed by atoms with Gasteiger partial charge in [0.1, 0.15) is 5.75 Å². The van der Waals surface area contributed by atoms with Gasteiger partial charge in [-0.1, -0.05) is 12.8 Å². The number of carbonyl (C=O) groups excluding carboxylic acids is 1. The van der Waals surface area contributed by atoms with Crippen LogP contribution in [0, 0.1) is 13.8 Å². The van der Waals surface area contributed by atoms with E-state index in [1.54, 1.807) is 0 Å². The molecule has 122 valence electrons. The van der Waals surface area contributed by atoms with Gasteiger partial charge in [0.25, 0.3) is 0 Å². The van der Waals surface area contributed by atoms with Crippen LogP contribution in [0.5, 0.6) is 5.75 Å². The third-order valence-electron chi connectivity index (χ3n) is 4.69. The van der Waals surface area contributed by atoms with E-state index in [1.807, 2.05) is 32.9 Å². The lowest BCUT2D eigenvalue weighted by Crippen LogP contribution is -2.27. The maximum absolute atomic E-state index is 12.5. The van der Waals surface area contributed by atoms with E-state index in [9.17, 15) is 4.79 Å². The Bertz CT molecular complexity index is 502. The first kappa shape index (κ1) is 17.0. The second kappa shape index (κ2) is 8.33. The molecule has 0 unspecified atom stereocenters. The molecular formula is C19H29NO2. The van der Waals surface area contributed by atoms with E-state index < -0.39 is 0 Å². The van der Waals surface area contributed by atoms with E-state index in [4.69, 9.17) is 4.74 Å². The molecule has 1 aromatic carbocycles. The monoisotopic (exact) mass is 303 g/mol. The van der Waals surface area contributed by atoms with Gasteiger partial charge in [-0.3, -0.25) is 4.79 Å². The number of rotatable bonds is 6. The minimum absolute atomic E-state index is 0.257. The fourth-order valence-electron chi connectivity index (χ4n) is 3.16. The van der Waals surface area contributed by atoms with Crippen LogP contribution >= 0.6 is 0 Å². The molecule has 2 rings (SSSR count).